The summed E-state index contributed by atoms with van der Waals surface area (Å²) in [5.41, 5.74) is 2.47. The quantitative estimate of drug-likeness (QED) is 0.775. The molecule has 0 saturated carbocycles. The van der Waals surface area contributed by atoms with Crippen LogP contribution in [0.2, 0.25) is 0 Å². The summed E-state index contributed by atoms with van der Waals surface area (Å²) in [7, 11) is 0. The second-order valence-corrected chi connectivity index (χ2v) is 6.83. The number of hydrogen-bond donors (Lipinski definition) is 1. The molecule has 1 N–H and O–H groups in total. The van der Waals surface area contributed by atoms with Crippen molar-refractivity contribution in [2.45, 2.75) is 38.1 Å². The smallest absolute Gasteiger partial charge is 0.222 e. The highest BCUT2D eigenvalue weighted by Crippen LogP contribution is 2.23. The third-order valence-electron chi connectivity index (χ3n) is 5.16. The predicted molar refractivity (Wildman–Crippen MR) is 98.3 cm³/mol. The molecule has 1 saturated heterocycles. The van der Waals surface area contributed by atoms with Gasteiger partial charge in [-0.1, -0.05) is 18.2 Å². The Labute approximate surface area is 147 Å². The molecule has 0 aliphatic carbocycles. The van der Waals surface area contributed by atoms with Gasteiger partial charge in [-0.25, -0.2) is 0 Å². The summed E-state index contributed by atoms with van der Waals surface area (Å²) in [6.07, 6.45) is 10.5. The highest BCUT2D eigenvalue weighted by molar-refractivity contribution is 5.83. The number of benzene rings is 1. The number of carbonyl (C=O) groups excluding carboxylic acids is 1. The molecular formula is C20H24N4O. The van der Waals surface area contributed by atoms with Crippen molar-refractivity contribution >= 4 is 16.8 Å². The van der Waals surface area contributed by atoms with Crippen LogP contribution in [0.25, 0.3) is 10.9 Å². The zero-order valence-corrected chi connectivity index (χ0v) is 14.4. The Morgan fingerprint density at radius 1 is 1.28 bits per heavy atom. The minimum atomic E-state index is 0.275. The second-order valence-electron chi connectivity index (χ2n) is 6.83. The van der Waals surface area contributed by atoms with Crippen molar-refractivity contribution < 1.29 is 4.79 Å². The van der Waals surface area contributed by atoms with E-state index in [1.165, 1.54) is 16.5 Å². The van der Waals surface area contributed by atoms with E-state index in [-0.39, 0.29) is 5.91 Å². The Bertz CT molecular complexity index is 836. The molecule has 25 heavy (non-hydrogen) atoms. The summed E-state index contributed by atoms with van der Waals surface area (Å²) in [5, 5.41) is 5.60. The van der Waals surface area contributed by atoms with Crippen LogP contribution in [0.3, 0.4) is 0 Å². The lowest BCUT2D eigenvalue weighted by molar-refractivity contribution is -0.133. The SMILES string of the molecule is O=C(CCCc1c[nH]c2ccccc12)N1CCC[C@H](n2cccn2)C1. The van der Waals surface area contributed by atoms with Crippen LogP contribution in [-0.2, 0) is 11.2 Å². The van der Waals surface area contributed by atoms with Crippen molar-refractivity contribution in [2.24, 2.45) is 0 Å². The number of nitrogens with one attached hydrogen (secondary N) is 1. The summed E-state index contributed by atoms with van der Waals surface area (Å²) < 4.78 is 1.99. The van der Waals surface area contributed by atoms with Crippen LogP contribution in [0.4, 0.5) is 0 Å². The Morgan fingerprint density at radius 3 is 3.08 bits per heavy atom. The number of nitrogens with zero attached hydrogens (tertiary/aromatic N) is 3. The first-order valence-corrected chi connectivity index (χ1v) is 9.13. The van der Waals surface area contributed by atoms with E-state index in [9.17, 15) is 4.79 Å². The molecule has 3 heterocycles. The summed E-state index contributed by atoms with van der Waals surface area (Å²) in [6, 6.07) is 10.6. The first-order chi connectivity index (χ1) is 12.3. The first-order valence-electron chi connectivity index (χ1n) is 9.13. The van der Waals surface area contributed by atoms with Crippen LogP contribution in [0.1, 0.15) is 37.3 Å². The van der Waals surface area contributed by atoms with Crippen LogP contribution >= 0.6 is 0 Å². The third-order valence-corrected chi connectivity index (χ3v) is 5.16. The number of aromatic nitrogens is 3. The van der Waals surface area contributed by atoms with Gasteiger partial charge in [-0.2, -0.15) is 5.10 Å². The van der Waals surface area contributed by atoms with Gasteiger partial charge in [0.25, 0.3) is 0 Å². The number of fused-ring (bicyclic) bond motifs is 1. The number of piperidine rings is 1. The highest BCUT2D eigenvalue weighted by atomic mass is 16.2. The molecule has 0 bridgehead atoms. The van der Waals surface area contributed by atoms with E-state index in [1.54, 1.807) is 0 Å². The fourth-order valence-corrected chi connectivity index (χ4v) is 3.82. The molecular weight excluding hydrogens is 312 g/mol. The van der Waals surface area contributed by atoms with Gasteiger partial charge in [0.05, 0.1) is 6.04 Å². The molecule has 1 aliphatic heterocycles. The zero-order chi connectivity index (χ0) is 17.1. The summed E-state index contributed by atoms with van der Waals surface area (Å²) >= 11 is 0. The Balaban J connectivity index is 1.31. The van der Waals surface area contributed by atoms with Crippen molar-refractivity contribution in [1.29, 1.82) is 0 Å². The molecule has 1 atom stereocenters. The van der Waals surface area contributed by atoms with Gasteiger partial charge in [0.1, 0.15) is 0 Å². The average molecular weight is 336 g/mol. The number of hydrogen-bond acceptors (Lipinski definition) is 2. The number of carbonyl (C=O) groups is 1. The highest BCUT2D eigenvalue weighted by Gasteiger charge is 2.24. The molecule has 1 amide bonds. The zero-order valence-electron chi connectivity index (χ0n) is 14.4. The van der Waals surface area contributed by atoms with E-state index < -0.39 is 0 Å². The number of aryl methyl sites for hydroxylation is 1. The average Bonchev–Trinajstić information content (AvgIpc) is 3.32. The lowest BCUT2D eigenvalue weighted by atomic mass is 10.0. The van der Waals surface area contributed by atoms with Gasteiger partial charge >= 0.3 is 0 Å². The van der Waals surface area contributed by atoms with Crippen molar-refractivity contribution in [2.75, 3.05) is 13.1 Å². The van der Waals surface area contributed by atoms with E-state index in [0.717, 1.165) is 38.8 Å². The molecule has 5 heteroatoms. The monoisotopic (exact) mass is 336 g/mol. The Morgan fingerprint density at radius 2 is 2.20 bits per heavy atom. The lowest BCUT2D eigenvalue weighted by Gasteiger charge is -2.33. The molecule has 130 valence electrons. The van der Waals surface area contributed by atoms with E-state index in [1.807, 2.05) is 34.1 Å². The van der Waals surface area contributed by atoms with E-state index >= 15 is 0 Å². The molecule has 0 unspecified atom stereocenters. The van der Waals surface area contributed by atoms with E-state index in [4.69, 9.17) is 0 Å². The Kier molecular flexibility index (Phi) is 4.55. The largest absolute Gasteiger partial charge is 0.361 e. The molecule has 1 aliphatic rings. The second kappa shape index (κ2) is 7.13. The molecule has 1 fully saturated rings. The fourth-order valence-electron chi connectivity index (χ4n) is 3.82. The number of H-pyrrole nitrogens is 1. The van der Waals surface area contributed by atoms with E-state index in [2.05, 4.69) is 34.5 Å². The topological polar surface area (TPSA) is 53.9 Å². The summed E-state index contributed by atoms with van der Waals surface area (Å²) in [5.74, 6) is 0.275. The minimum absolute atomic E-state index is 0.275. The summed E-state index contributed by atoms with van der Waals surface area (Å²) in [4.78, 5) is 17.9. The molecule has 1 aromatic carbocycles. The van der Waals surface area contributed by atoms with Crippen molar-refractivity contribution in [3.8, 4) is 0 Å². The van der Waals surface area contributed by atoms with Gasteiger partial charge in [0.15, 0.2) is 0 Å². The molecule has 0 spiro atoms. The molecule has 3 aromatic rings. The maximum atomic E-state index is 12.6. The normalized spacial score (nSPS) is 17.9. The van der Waals surface area contributed by atoms with Crippen molar-refractivity contribution in [1.82, 2.24) is 19.7 Å². The van der Waals surface area contributed by atoms with Crippen molar-refractivity contribution in [3.63, 3.8) is 0 Å². The Hall–Kier alpha value is -2.56. The van der Waals surface area contributed by atoms with Gasteiger partial charge in [0, 0.05) is 49.0 Å². The van der Waals surface area contributed by atoms with Gasteiger partial charge in [-0.05, 0) is 43.4 Å². The predicted octanol–water partition coefficient (Wildman–Crippen LogP) is 3.55. The van der Waals surface area contributed by atoms with Gasteiger partial charge in [0.2, 0.25) is 5.91 Å². The maximum Gasteiger partial charge on any atom is 0.222 e. The number of rotatable bonds is 5. The fraction of sp³-hybridized carbons (Fsp3) is 0.400. The number of aromatic amines is 1. The maximum absolute atomic E-state index is 12.6. The molecule has 0 radical (unpaired) electrons. The van der Waals surface area contributed by atoms with Crippen LogP contribution in [0.15, 0.2) is 48.9 Å². The van der Waals surface area contributed by atoms with Crippen LogP contribution in [0, 0.1) is 0 Å². The number of para-hydroxylation sites is 1. The lowest BCUT2D eigenvalue weighted by Crippen LogP contribution is -2.40. The number of amides is 1. The minimum Gasteiger partial charge on any atom is -0.361 e. The number of likely N-dealkylation sites (tertiary alicyclic amines) is 1. The third kappa shape index (κ3) is 3.45. The van der Waals surface area contributed by atoms with Gasteiger partial charge in [-0.3, -0.25) is 9.48 Å². The van der Waals surface area contributed by atoms with Crippen LogP contribution in [0.5, 0.6) is 0 Å². The molecule has 5 nitrogen and oxygen atoms in total. The molecule has 2 aromatic heterocycles. The van der Waals surface area contributed by atoms with Crippen LogP contribution in [-0.4, -0.2) is 38.7 Å². The summed E-state index contributed by atoms with van der Waals surface area (Å²) in [6.45, 7) is 1.66. The van der Waals surface area contributed by atoms with Crippen LogP contribution < -0.4 is 0 Å². The van der Waals surface area contributed by atoms with Crippen molar-refractivity contribution in [3.05, 3.63) is 54.5 Å². The standard InChI is InChI=1S/C20H24N4O/c25-20(23-12-4-7-17(15-23)24-13-5-11-22-24)10-3-6-16-14-21-19-9-2-1-8-18(16)19/h1-2,5,8-9,11,13-14,17,21H,3-4,6-7,10,12,15H2/t17-/m0/s1. The molecule has 4 rings (SSSR count). The van der Waals surface area contributed by atoms with Gasteiger partial charge in [-0.15, -0.1) is 0 Å². The first kappa shape index (κ1) is 15.9. The van der Waals surface area contributed by atoms with E-state index in [0.29, 0.717) is 12.5 Å². The van der Waals surface area contributed by atoms with Gasteiger partial charge < -0.3 is 9.88 Å².